The van der Waals surface area contributed by atoms with Crippen LogP contribution in [-0.2, 0) is 28.6 Å². The number of hydrogen-bond acceptors (Lipinski definition) is 2. The van der Waals surface area contributed by atoms with Gasteiger partial charge in [0.2, 0.25) is 11.8 Å². The van der Waals surface area contributed by atoms with Crippen LogP contribution in [0.4, 0.5) is 13.2 Å². The lowest BCUT2D eigenvalue weighted by Crippen LogP contribution is -2.46. The summed E-state index contributed by atoms with van der Waals surface area (Å²) in [6.07, 6.45) is -4.59. The number of rotatable bonds is 6. The molecule has 27 heavy (non-hydrogen) atoms. The maximum atomic E-state index is 12.6. The van der Waals surface area contributed by atoms with Gasteiger partial charge in [0.1, 0.15) is 6.04 Å². The number of alkyl halides is 3. The number of carbonyl (C=O) groups is 2. The van der Waals surface area contributed by atoms with Crippen LogP contribution >= 0.6 is 23.2 Å². The summed E-state index contributed by atoms with van der Waals surface area (Å²) in [6, 6.07) is 7.87. The third kappa shape index (κ3) is 6.15. The van der Waals surface area contributed by atoms with E-state index in [1.807, 2.05) is 0 Å². The SMILES string of the molecule is NC(=O)[C@@H](Cc1ccc(Cl)cc1Cl)NC(=O)Cc1ccc(C(F)(F)F)cc1. The highest BCUT2D eigenvalue weighted by molar-refractivity contribution is 6.35. The van der Waals surface area contributed by atoms with Crippen molar-refractivity contribution in [2.24, 2.45) is 5.73 Å². The van der Waals surface area contributed by atoms with Gasteiger partial charge in [0.15, 0.2) is 0 Å². The van der Waals surface area contributed by atoms with Crippen molar-refractivity contribution in [3.8, 4) is 0 Å². The topological polar surface area (TPSA) is 72.2 Å². The van der Waals surface area contributed by atoms with Crippen LogP contribution in [0.2, 0.25) is 10.0 Å². The van der Waals surface area contributed by atoms with Crippen molar-refractivity contribution in [3.63, 3.8) is 0 Å². The summed E-state index contributed by atoms with van der Waals surface area (Å²) in [6.45, 7) is 0. The number of primary amides is 1. The van der Waals surface area contributed by atoms with Gasteiger partial charge >= 0.3 is 6.18 Å². The van der Waals surface area contributed by atoms with E-state index < -0.39 is 29.6 Å². The first kappa shape index (κ1) is 21.1. The first-order valence-corrected chi connectivity index (χ1v) is 8.50. The van der Waals surface area contributed by atoms with E-state index in [2.05, 4.69) is 5.32 Å². The average Bonchev–Trinajstić information content (AvgIpc) is 2.56. The number of carbonyl (C=O) groups excluding carboxylic acids is 2. The lowest BCUT2D eigenvalue weighted by molar-refractivity contribution is -0.137. The molecule has 0 fully saturated rings. The molecule has 0 aliphatic heterocycles. The molecule has 0 unspecified atom stereocenters. The van der Waals surface area contributed by atoms with Gasteiger partial charge in [-0.15, -0.1) is 0 Å². The van der Waals surface area contributed by atoms with Gasteiger partial charge in [-0.25, -0.2) is 0 Å². The Morgan fingerprint density at radius 3 is 2.22 bits per heavy atom. The predicted octanol–water partition coefficient (Wildman–Crippen LogP) is 3.77. The number of halogens is 5. The van der Waals surface area contributed by atoms with Crippen molar-refractivity contribution in [1.29, 1.82) is 0 Å². The second-order valence-corrected chi connectivity index (χ2v) is 6.68. The fraction of sp³-hybridized carbons (Fsp3) is 0.222. The molecule has 9 heteroatoms. The van der Waals surface area contributed by atoms with E-state index in [9.17, 15) is 22.8 Å². The molecule has 0 saturated heterocycles. The Labute approximate surface area is 163 Å². The van der Waals surface area contributed by atoms with E-state index in [0.717, 1.165) is 12.1 Å². The summed E-state index contributed by atoms with van der Waals surface area (Å²) in [5.41, 5.74) is 5.46. The molecule has 0 bridgehead atoms. The van der Waals surface area contributed by atoms with E-state index in [-0.39, 0.29) is 12.8 Å². The highest BCUT2D eigenvalue weighted by Gasteiger charge is 2.30. The second-order valence-electron chi connectivity index (χ2n) is 5.83. The molecule has 2 amide bonds. The van der Waals surface area contributed by atoms with Crippen LogP contribution in [0.1, 0.15) is 16.7 Å². The molecule has 0 heterocycles. The zero-order valence-corrected chi connectivity index (χ0v) is 15.3. The fourth-order valence-corrected chi connectivity index (χ4v) is 2.86. The molecule has 4 nitrogen and oxygen atoms in total. The van der Waals surface area contributed by atoms with Gasteiger partial charge in [0.25, 0.3) is 0 Å². The van der Waals surface area contributed by atoms with Crippen LogP contribution in [0.15, 0.2) is 42.5 Å². The first-order valence-electron chi connectivity index (χ1n) is 7.75. The minimum atomic E-state index is -4.45. The third-order valence-electron chi connectivity index (χ3n) is 3.76. The zero-order chi connectivity index (χ0) is 20.2. The largest absolute Gasteiger partial charge is 0.416 e. The van der Waals surface area contributed by atoms with Crippen LogP contribution < -0.4 is 11.1 Å². The highest BCUT2D eigenvalue weighted by Crippen LogP contribution is 2.29. The van der Waals surface area contributed by atoms with Crippen LogP contribution in [0.25, 0.3) is 0 Å². The maximum absolute atomic E-state index is 12.6. The number of benzene rings is 2. The average molecular weight is 419 g/mol. The molecule has 0 saturated carbocycles. The van der Waals surface area contributed by atoms with Crippen molar-refractivity contribution >= 4 is 35.0 Å². The molecule has 2 rings (SSSR count). The maximum Gasteiger partial charge on any atom is 0.416 e. The molecule has 0 aliphatic carbocycles. The van der Waals surface area contributed by atoms with E-state index in [0.29, 0.717) is 21.2 Å². The minimum absolute atomic E-state index is 0.0596. The van der Waals surface area contributed by atoms with E-state index in [4.69, 9.17) is 28.9 Å². The Balaban J connectivity index is 2.03. The Kier molecular flexibility index (Phi) is 6.73. The summed E-state index contributed by atoms with van der Waals surface area (Å²) < 4.78 is 37.7. The van der Waals surface area contributed by atoms with Gasteiger partial charge in [0, 0.05) is 16.5 Å². The molecule has 0 radical (unpaired) electrons. The fourth-order valence-electron chi connectivity index (χ4n) is 2.37. The normalized spacial score (nSPS) is 12.5. The lowest BCUT2D eigenvalue weighted by Gasteiger charge is -2.16. The molecule has 2 aromatic rings. The Bertz CT molecular complexity index is 839. The molecule has 3 N–H and O–H groups in total. The summed E-state index contributed by atoms with van der Waals surface area (Å²) >= 11 is 11.9. The number of nitrogens with one attached hydrogen (secondary N) is 1. The van der Waals surface area contributed by atoms with Crippen LogP contribution in [0.3, 0.4) is 0 Å². The molecule has 1 atom stereocenters. The van der Waals surface area contributed by atoms with Gasteiger partial charge in [-0.3, -0.25) is 9.59 Å². The highest BCUT2D eigenvalue weighted by atomic mass is 35.5. The van der Waals surface area contributed by atoms with Crippen molar-refractivity contribution in [2.45, 2.75) is 25.1 Å². The molecule has 0 spiro atoms. The molecule has 0 aliphatic rings. The van der Waals surface area contributed by atoms with Gasteiger partial charge in [-0.05, 0) is 35.4 Å². The molecule has 144 valence electrons. The zero-order valence-electron chi connectivity index (χ0n) is 13.8. The van der Waals surface area contributed by atoms with Gasteiger partial charge < -0.3 is 11.1 Å². The monoisotopic (exact) mass is 418 g/mol. The lowest BCUT2D eigenvalue weighted by atomic mass is 10.0. The standard InChI is InChI=1S/C18H15Cl2F3N2O2/c19-13-6-3-11(14(20)9-13)8-15(17(24)27)25-16(26)7-10-1-4-12(5-2-10)18(21,22)23/h1-6,9,15H,7-8H2,(H2,24,27)(H,25,26)/t15-/m1/s1. The van der Waals surface area contributed by atoms with Gasteiger partial charge in [-0.1, -0.05) is 41.4 Å². The predicted molar refractivity (Wildman–Crippen MR) is 96.4 cm³/mol. The summed E-state index contributed by atoms with van der Waals surface area (Å²) in [5, 5.41) is 3.22. The third-order valence-corrected chi connectivity index (χ3v) is 4.35. The Morgan fingerprint density at radius 1 is 1.07 bits per heavy atom. The van der Waals surface area contributed by atoms with Crippen molar-refractivity contribution in [2.75, 3.05) is 0 Å². The molecular formula is C18H15Cl2F3N2O2. The molecule has 0 aromatic heterocycles. The quantitative estimate of drug-likeness (QED) is 0.749. The van der Waals surface area contributed by atoms with Crippen LogP contribution in [0, 0.1) is 0 Å². The minimum Gasteiger partial charge on any atom is -0.368 e. The van der Waals surface area contributed by atoms with E-state index >= 15 is 0 Å². The van der Waals surface area contributed by atoms with Gasteiger partial charge in [-0.2, -0.15) is 13.2 Å². The van der Waals surface area contributed by atoms with E-state index in [1.54, 1.807) is 12.1 Å². The first-order chi connectivity index (χ1) is 12.6. The second kappa shape index (κ2) is 8.63. The summed E-state index contributed by atoms with van der Waals surface area (Å²) in [7, 11) is 0. The van der Waals surface area contributed by atoms with Gasteiger partial charge in [0.05, 0.1) is 12.0 Å². The number of amides is 2. The Morgan fingerprint density at radius 2 is 1.70 bits per heavy atom. The summed E-state index contributed by atoms with van der Waals surface area (Å²) in [4.78, 5) is 23.8. The number of nitrogens with two attached hydrogens (primary N) is 1. The molecular weight excluding hydrogens is 404 g/mol. The van der Waals surface area contributed by atoms with Crippen LogP contribution in [-0.4, -0.2) is 17.9 Å². The van der Waals surface area contributed by atoms with Crippen LogP contribution in [0.5, 0.6) is 0 Å². The van der Waals surface area contributed by atoms with Crippen molar-refractivity contribution in [1.82, 2.24) is 5.32 Å². The number of hydrogen-bond donors (Lipinski definition) is 2. The molecule has 2 aromatic carbocycles. The Hall–Kier alpha value is -2.25. The smallest absolute Gasteiger partial charge is 0.368 e. The van der Waals surface area contributed by atoms with Crippen molar-refractivity contribution in [3.05, 3.63) is 69.2 Å². The summed E-state index contributed by atoms with van der Waals surface area (Å²) in [5.74, 6) is -1.31. The van der Waals surface area contributed by atoms with Crippen molar-refractivity contribution < 1.29 is 22.8 Å². The van der Waals surface area contributed by atoms with E-state index in [1.165, 1.54) is 18.2 Å².